The van der Waals surface area contributed by atoms with Crippen LogP contribution in [0, 0.1) is 5.82 Å². The zero-order chi connectivity index (χ0) is 25.8. The topological polar surface area (TPSA) is 145 Å². The molecule has 0 saturated heterocycles. The molecule has 0 unspecified atom stereocenters. The minimum Gasteiger partial charge on any atom is -0.364 e. The lowest BCUT2D eigenvalue weighted by atomic mass is 10.3. The molecule has 3 rings (SSSR count). The van der Waals surface area contributed by atoms with E-state index in [0.29, 0.717) is 10.8 Å². The summed E-state index contributed by atoms with van der Waals surface area (Å²) in [7, 11) is -4.20. The zero-order valence-electron chi connectivity index (χ0n) is 20.0. The fourth-order valence-electron chi connectivity index (χ4n) is 1.69. The number of nitrogens with one attached hydrogen (secondary N) is 2. The second-order valence-corrected chi connectivity index (χ2v) is 7.21. The molecular formula is C13H12BrFN6O5S. The molecule has 27 heavy (non-hydrogen) atoms. The van der Waals surface area contributed by atoms with Gasteiger partial charge >= 0.3 is 5.76 Å². The Morgan fingerprint density at radius 3 is 2.89 bits per heavy atom. The molecular weight excluding hydrogens is 451 g/mol. The first-order valence-corrected chi connectivity index (χ1v) is 9.31. The number of rotatable bonds is 7. The quantitative estimate of drug-likeness (QED) is 0.511. The van der Waals surface area contributed by atoms with Gasteiger partial charge in [0.05, 0.1) is 23.3 Å². The Bertz CT molecular complexity index is 1410. The molecule has 3 aromatic rings. The molecule has 14 heteroatoms. The van der Waals surface area contributed by atoms with Crippen LogP contribution in [0.5, 0.6) is 0 Å². The highest BCUT2D eigenvalue weighted by Gasteiger charge is 2.23. The Morgan fingerprint density at radius 1 is 1.37 bits per heavy atom. The van der Waals surface area contributed by atoms with Crippen molar-refractivity contribution in [1.29, 1.82) is 0 Å². The molecule has 2 N–H and O–H groups in total. The summed E-state index contributed by atoms with van der Waals surface area (Å²) in [6.07, 6.45) is 0.607. The number of sulfonamides is 1. The molecule has 0 aliphatic carbocycles. The molecule has 2 heterocycles. The SMILES string of the molecule is [2H]c1c([2H])c(-n2c(-c3nonc3NC([2H])([2H])C([2H])([2H])NS(C)(=O)=O)noc2=O)c([2H])c(Br)c1F. The second-order valence-electron chi connectivity index (χ2n) is 4.67. The monoisotopic (exact) mass is 469 g/mol. The average molecular weight is 470 g/mol. The fraction of sp³-hybridized carbons (Fsp3) is 0.231. The minimum atomic E-state index is -4.20. The number of anilines is 1. The van der Waals surface area contributed by atoms with Crippen molar-refractivity contribution >= 4 is 31.8 Å². The van der Waals surface area contributed by atoms with Crippen molar-refractivity contribution in [2.45, 2.75) is 0 Å². The van der Waals surface area contributed by atoms with Gasteiger partial charge in [-0.15, -0.1) is 0 Å². The lowest BCUT2D eigenvalue weighted by molar-refractivity contribution is 0.309. The van der Waals surface area contributed by atoms with E-state index in [0.717, 1.165) is 0 Å². The number of benzene rings is 1. The van der Waals surface area contributed by atoms with Gasteiger partial charge in [0.15, 0.2) is 5.69 Å². The van der Waals surface area contributed by atoms with Crippen LogP contribution < -0.4 is 15.8 Å². The maximum Gasteiger partial charge on any atom is 0.446 e. The van der Waals surface area contributed by atoms with Crippen LogP contribution in [0.3, 0.4) is 0 Å². The van der Waals surface area contributed by atoms with Gasteiger partial charge in [-0.05, 0) is 44.4 Å². The molecule has 0 aliphatic heterocycles. The third kappa shape index (κ3) is 4.40. The summed E-state index contributed by atoms with van der Waals surface area (Å²) < 4.78 is 102. The van der Waals surface area contributed by atoms with Crippen molar-refractivity contribution in [2.75, 3.05) is 24.6 Å². The number of aromatic nitrogens is 4. The Balaban J connectivity index is 2.16. The number of hydrogen-bond acceptors (Lipinski definition) is 9. The van der Waals surface area contributed by atoms with E-state index in [2.05, 4.69) is 40.6 Å². The lowest BCUT2D eigenvalue weighted by Gasteiger charge is -2.06. The first-order chi connectivity index (χ1) is 15.5. The van der Waals surface area contributed by atoms with Crippen LogP contribution >= 0.6 is 15.9 Å². The van der Waals surface area contributed by atoms with Crippen molar-refractivity contribution in [3.05, 3.63) is 39.0 Å². The van der Waals surface area contributed by atoms with E-state index in [9.17, 15) is 17.6 Å². The summed E-state index contributed by atoms with van der Waals surface area (Å²) in [5.74, 6) is -3.86. The molecule has 0 amide bonds. The highest BCUT2D eigenvalue weighted by molar-refractivity contribution is 9.10. The van der Waals surface area contributed by atoms with Crippen LogP contribution in [0.25, 0.3) is 17.2 Å². The molecule has 0 spiro atoms. The van der Waals surface area contributed by atoms with Crippen LogP contribution in [0.15, 0.2) is 36.5 Å². The summed E-state index contributed by atoms with van der Waals surface area (Å²) in [5, 5.41) is 12.1. The van der Waals surface area contributed by atoms with Gasteiger partial charge in [0.1, 0.15) is 5.82 Å². The predicted octanol–water partition coefficient (Wildman–Crippen LogP) is 0.738. The Hall–Kier alpha value is -2.58. The maximum atomic E-state index is 14.1. The van der Waals surface area contributed by atoms with Crippen LogP contribution in [-0.4, -0.2) is 47.7 Å². The summed E-state index contributed by atoms with van der Waals surface area (Å²) in [5.41, 5.74) is -1.23. The van der Waals surface area contributed by atoms with Gasteiger partial charge in [-0.3, -0.25) is 4.52 Å². The van der Waals surface area contributed by atoms with E-state index < -0.39 is 80.2 Å². The van der Waals surface area contributed by atoms with Crippen LogP contribution in [0.2, 0.25) is 0 Å². The molecule has 0 fully saturated rings. The first-order valence-electron chi connectivity index (χ1n) is 10.1. The van der Waals surface area contributed by atoms with Crippen LogP contribution in [-0.2, 0) is 10.0 Å². The van der Waals surface area contributed by atoms with Gasteiger partial charge in [0, 0.05) is 15.7 Å². The summed E-state index contributed by atoms with van der Waals surface area (Å²) in [6.45, 7) is -6.42. The molecule has 1 aromatic carbocycles. The standard InChI is InChI=1S/C13H12BrFN6O5S/c1-27(23,24)17-5-4-16-11-10(18-26-19-11)12-20-25-13(22)21(12)7-2-3-9(15)8(14)6-7/h2-3,6,17H,4-5H2,1H3,(H,16,19)/i2D,3D,4D2,5D2,6D. The molecule has 0 aliphatic rings. The van der Waals surface area contributed by atoms with Gasteiger partial charge in [-0.2, -0.15) is 0 Å². The average Bonchev–Trinajstić information content (AvgIpc) is 3.29. The van der Waals surface area contributed by atoms with Crippen LogP contribution in [0.1, 0.15) is 9.60 Å². The van der Waals surface area contributed by atoms with Crippen molar-refractivity contribution in [2.24, 2.45) is 0 Å². The van der Waals surface area contributed by atoms with Crippen molar-refractivity contribution in [3.63, 3.8) is 0 Å². The number of hydrogen-bond donors (Lipinski definition) is 2. The Labute approximate surface area is 169 Å². The fourth-order valence-corrected chi connectivity index (χ4v) is 2.22. The predicted molar refractivity (Wildman–Crippen MR) is 94.4 cm³/mol. The van der Waals surface area contributed by atoms with E-state index in [-0.39, 0.29) is 0 Å². The second kappa shape index (κ2) is 7.58. The Morgan fingerprint density at radius 2 is 2.15 bits per heavy atom. The minimum absolute atomic E-state index is 0.455. The van der Waals surface area contributed by atoms with Gasteiger partial charge in [-0.1, -0.05) is 5.16 Å². The van der Waals surface area contributed by atoms with E-state index in [1.807, 2.05) is 5.32 Å². The van der Waals surface area contributed by atoms with E-state index in [1.165, 1.54) is 4.72 Å². The number of halogens is 2. The molecule has 11 nitrogen and oxygen atoms in total. The lowest BCUT2D eigenvalue weighted by Crippen LogP contribution is -2.27. The summed E-state index contributed by atoms with van der Waals surface area (Å²) in [6, 6.07) is -2.60. The third-order valence-corrected chi connectivity index (χ3v) is 3.74. The van der Waals surface area contributed by atoms with E-state index in [4.69, 9.17) is 9.60 Å². The van der Waals surface area contributed by atoms with E-state index >= 15 is 0 Å². The smallest absolute Gasteiger partial charge is 0.364 e. The summed E-state index contributed by atoms with van der Waals surface area (Å²) in [4.78, 5) is 12.3. The molecule has 0 saturated carbocycles. The summed E-state index contributed by atoms with van der Waals surface area (Å²) >= 11 is 2.76. The van der Waals surface area contributed by atoms with Gasteiger partial charge in [-0.25, -0.2) is 31.5 Å². The van der Waals surface area contributed by atoms with Crippen molar-refractivity contribution < 1.29 is 31.6 Å². The largest absolute Gasteiger partial charge is 0.446 e. The molecule has 2 aromatic heterocycles. The van der Waals surface area contributed by atoms with E-state index in [1.54, 1.807) is 0 Å². The zero-order valence-corrected chi connectivity index (χ0v) is 15.4. The van der Waals surface area contributed by atoms with Crippen molar-refractivity contribution in [3.8, 4) is 17.2 Å². The first kappa shape index (κ1) is 12.0. The highest BCUT2D eigenvalue weighted by atomic mass is 79.9. The normalized spacial score (nSPS) is 16.5. The molecule has 0 atom stereocenters. The Kier molecular flexibility index (Phi) is 3.36. The number of nitrogens with zero attached hydrogens (tertiary/aromatic N) is 4. The highest BCUT2D eigenvalue weighted by Crippen LogP contribution is 2.25. The van der Waals surface area contributed by atoms with Crippen LogP contribution in [0.4, 0.5) is 10.2 Å². The van der Waals surface area contributed by atoms with Crippen molar-refractivity contribution in [1.82, 2.24) is 24.8 Å². The van der Waals surface area contributed by atoms with Gasteiger partial charge in [0.25, 0.3) is 0 Å². The maximum absolute atomic E-state index is 14.1. The van der Waals surface area contributed by atoms with Gasteiger partial charge in [0.2, 0.25) is 21.7 Å². The molecule has 144 valence electrons. The molecule has 0 radical (unpaired) electrons. The third-order valence-electron chi connectivity index (χ3n) is 2.72. The molecule has 0 bridgehead atoms. The van der Waals surface area contributed by atoms with Gasteiger partial charge < -0.3 is 5.32 Å².